The Morgan fingerprint density at radius 1 is 1.00 bits per heavy atom. The summed E-state index contributed by atoms with van der Waals surface area (Å²) >= 11 is 6.03. The van der Waals surface area contributed by atoms with Gasteiger partial charge in [0.05, 0.1) is 17.2 Å². The zero-order valence-electron chi connectivity index (χ0n) is 24.3. The van der Waals surface area contributed by atoms with Gasteiger partial charge in [-0.05, 0) is 80.3 Å². The molecule has 0 heterocycles. The number of anilines is 1. The SMILES string of the molecule is CCOc1ccccc1N(CC(=O)N(Cc1ccc(F)cc1)[C@H](CC)C(=O)NC1CCCC1)S(=O)(=O)c1ccc(Cl)cc1. The summed E-state index contributed by atoms with van der Waals surface area (Å²) in [7, 11) is -4.29. The van der Waals surface area contributed by atoms with Crippen molar-refractivity contribution in [2.45, 2.75) is 69.5 Å². The van der Waals surface area contributed by atoms with Gasteiger partial charge in [-0.2, -0.15) is 0 Å². The molecule has 1 N–H and O–H groups in total. The van der Waals surface area contributed by atoms with Gasteiger partial charge in [0.1, 0.15) is 24.2 Å². The van der Waals surface area contributed by atoms with Crippen molar-refractivity contribution >= 4 is 39.1 Å². The van der Waals surface area contributed by atoms with E-state index in [0.717, 1.165) is 30.0 Å². The van der Waals surface area contributed by atoms with E-state index in [4.69, 9.17) is 16.3 Å². The fourth-order valence-electron chi connectivity index (χ4n) is 5.26. The van der Waals surface area contributed by atoms with E-state index in [1.807, 2.05) is 0 Å². The molecule has 3 aromatic carbocycles. The first-order valence-electron chi connectivity index (χ1n) is 14.5. The third kappa shape index (κ3) is 8.06. The molecule has 0 bridgehead atoms. The number of carbonyl (C=O) groups is 2. The Morgan fingerprint density at radius 2 is 1.65 bits per heavy atom. The molecule has 0 aliphatic heterocycles. The number of para-hydroxylation sites is 2. The van der Waals surface area contributed by atoms with E-state index in [2.05, 4.69) is 5.32 Å². The largest absolute Gasteiger partial charge is 0.492 e. The molecule has 230 valence electrons. The highest BCUT2D eigenvalue weighted by atomic mass is 35.5. The van der Waals surface area contributed by atoms with Crippen LogP contribution in [-0.4, -0.2) is 50.4 Å². The lowest BCUT2D eigenvalue weighted by molar-refractivity contribution is -0.140. The van der Waals surface area contributed by atoms with E-state index in [1.165, 1.54) is 41.3 Å². The molecule has 0 spiro atoms. The van der Waals surface area contributed by atoms with Gasteiger partial charge < -0.3 is 15.0 Å². The Bertz CT molecular complexity index is 1500. The van der Waals surface area contributed by atoms with Crippen LogP contribution in [-0.2, 0) is 26.2 Å². The predicted octanol–water partition coefficient (Wildman–Crippen LogP) is 5.94. The molecule has 4 rings (SSSR count). The molecular weight excluding hydrogens is 593 g/mol. The third-order valence-electron chi connectivity index (χ3n) is 7.47. The maximum absolute atomic E-state index is 14.2. The molecule has 0 unspecified atom stereocenters. The Morgan fingerprint density at radius 3 is 2.28 bits per heavy atom. The monoisotopic (exact) mass is 629 g/mol. The Balaban J connectivity index is 1.75. The number of hydrogen-bond acceptors (Lipinski definition) is 5. The van der Waals surface area contributed by atoms with Crippen molar-refractivity contribution in [2.75, 3.05) is 17.5 Å². The van der Waals surface area contributed by atoms with Crippen LogP contribution in [0, 0.1) is 5.82 Å². The van der Waals surface area contributed by atoms with Crippen LogP contribution in [0.15, 0.2) is 77.7 Å². The van der Waals surface area contributed by atoms with Gasteiger partial charge in [0.15, 0.2) is 0 Å². The van der Waals surface area contributed by atoms with E-state index in [0.29, 0.717) is 17.0 Å². The van der Waals surface area contributed by atoms with Crippen molar-refractivity contribution in [1.82, 2.24) is 10.2 Å². The van der Waals surface area contributed by atoms with E-state index < -0.39 is 34.3 Å². The lowest BCUT2D eigenvalue weighted by atomic mass is 10.1. The summed E-state index contributed by atoms with van der Waals surface area (Å²) in [5.74, 6) is -1.04. The highest BCUT2D eigenvalue weighted by Gasteiger charge is 2.35. The van der Waals surface area contributed by atoms with Crippen molar-refractivity contribution in [3.05, 3.63) is 89.2 Å². The Kier molecular flexibility index (Phi) is 11.0. The first-order chi connectivity index (χ1) is 20.6. The molecule has 0 aromatic heterocycles. The van der Waals surface area contributed by atoms with Crippen LogP contribution in [0.2, 0.25) is 5.02 Å². The number of nitrogens with zero attached hydrogens (tertiary/aromatic N) is 2. The minimum atomic E-state index is -4.29. The Labute approximate surface area is 257 Å². The molecule has 2 amide bonds. The predicted molar refractivity (Wildman–Crippen MR) is 165 cm³/mol. The molecule has 8 nitrogen and oxygen atoms in total. The topological polar surface area (TPSA) is 96.0 Å². The number of hydrogen-bond donors (Lipinski definition) is 1. The number of sulfonamides is 1. The second-order valence-corrected chi connectivity index (χ2v) is 12.7. The summed E-state index contributed by atoms with van der Waals surface area (Å²) in [6.07, 6.45) is 4.09. The number of benzene rings is 3. The molecule has 1 aliphatic rings. The van der Waals surface area contributed by atoms with Crippen LogP contribution in [0.5, 0.6) is 5.75 Å². The van der Waals surface area contributed by atoms with Gasteiger partial charge in [0, 0.05) is 17.6 Å². The van der Waals surface area contributed by atoms with E-state index >= 15 is 0 Å². The molecule has 43 heavy (non-hydrogen) atoms. The second-order valence-electron chi connectivity index (χ2n) is 10.4. The number of halogens is 2. The first-order valence-corrected chi connectivity index (χ1v) is 16.3. The minimum Gasteiger partial charge on any atom is -0.492 e. The summed E-state index contributed by atoms with van der Waals surface area (Å²) in [6.45, 7) is 3.23. The van der Waals surface area contributed by atoms with Crippen molar-refractivity contribution in [1.29, 1.82) is 0 Å². The molecule has 3 aromatic rings. The zero-order chi connectivity index (χ0) is 31.0. The molecule has 11 heteroatoms. The highest BCUT2D eigenvalue weighted by molar-refractivity contribution is 7.92. The smallest absolute Gasteiger partial charge is 0.264 e. The van der Waals surface area contributed by atoms with Crippen LogP contribution in [0.1, 0.15) is 51.5 Å². The van der Waals surface area contributed by atoms with Crippen molar-refractivity contribution < 1.29 is 27.1 Å². The van der Waals surface area contributed by atoms with Crippen LogP contribution < -0.4 is 14.4 Å². The lowest BCUT2D eigenvalue weighted by Crippen LogP contribution is -2.53. The van der Waals surface area contributed by atoms with Gasteiger partial charge in [-0.3, -0.25) is 13.9 Å². The summed E-state index contributed by atoms with van der Waals surface area (Å²) in [4.78, 5) is 29.1. The molecule has 1 saturated carbocycles. The van der Waals surface area contributed by atoms with Gasteiger partial charge in [-0.15, -0.1) is 0 Å². The molecule has 1 atom stereocenters. The quantitative estimate of drug-likeness (QED) is 0.253. The summed E-state index contributed by atoms with van der Waals surface area (Å²) in [6, 6.07) is 17.1. The van der Waals surface area contributed by atoms with Gasteiger partial charge in [0.2, 0.25) is 11.8 Å². The fraction of sp³-hybridized carbons (Fsp3) is 0.375. The molecule has 0 saturated heterocycles. The van der Waals surface area contributed by atoms with Gasteiger partial charge >= 0.3 is 0 Å². The summed E-state index contributed by atoms with van der Waals surface area (Å²) in [5.41, 5.74) is 0.779. The minimum absolute atomic E-state index is 0.0162. The summed E-state index contributed by atoms with van der Waals surface area (Å²) < 4.78 is 48.6. The van der Waals surface area contributed by atoms with Crippen molar-refractivity contribution in [3.63, 3.8) is 0 Å². The number of amides is 2. The van der Waals surface area contributed by atoms with Crippen LogP contribution in [0.3, 0.4) is 0 Å². The average Bonchev–Trinajstić information content (AvgIpc) is 3.50. The summed E-state index contributed by atoms with van der Waals surface area (Å²) in [5, 5.41) is 3.44. The van der Waals surface area contributed by atoms with Crippen LogP contribution in [0.4, 0.5) is 10.1 Å². The lowest BCUT2D eigenvalue weighted by Gasteiger charge is -2.34. The third-order valence-corrected chi connectivity index (χ3v) is 9.49. The van der Waals surface area contributed by atoms with E-state index in [-0.39, 0.29) is 41.4 Å². The molecule has 0 radical (unpaired) electrons. The number of carbonyl (C=O) groups excluding carboxylic acids is 2. The standard InChI is InChI=1S/C32H37ClFN3O5S/c1-3-28(32(39)35-26-9-5-6-10-26)36(21-23-13-17-25(34)18-14-23)31(38)22-37(29-11-7-8-12-30(29)42-4-2)43(40,41)27-19-15-24(33)16-20-27/h7-8,11-20,26,28H,3-6,9-10,21-22H2,1-2H3,(H,35,39)/t28-/m1/s1. The maximum Gasteiger partial charge on any atom is 0.264 e. The average molecular weight is 630 g/mol. The zero-order valence-corrected chi connectivity index (χ0v) is 25.9. The Hall–Kier alpha value is -3.63. The maximum atomic E-state index is 14.2. The van der Waals surface area contributed by atoms with E-state index in [9.17, 15) is 22.4 Å². The van der Waals surface area contributed by atoms with E-state index in [1.54, 1.807) is 50.2 Å². The highest BCUT2D eigenvalue weighted by Crippen LogP contribution is 2.33. The molecule has 1 aliphatic carbocycles. The van der Waals surface area contributed by atoms with Crippen LogP contribution in [0.25, 0.3) is 0 Å². The number of rotatable bonds is 13. The first kappa shape index (κ1) is 32.3. The van der Waals surface area contributed by atoms with Crippen molar-refractivity contribution in [2.24, 2.45) is 0 Å². The molecular formula is C32H37ClFN3O5S. The van der Waals surface area contributed by atoms with Crippen LogP contribution >= 0.6 is 11.6 Å². The van der Waals surface area contributed by atoms with Gasteiger partial charge in [-0.25, -0.2) is 12.8 Å². The number of ether oxygens (including phenoxy) is 1. The van der Waals surface area contributed by atoms with Gasteiger partial charge in [-0.1, -0.05) is 55.6 Å². The van der Waals surface area contributed by atoms with Crippen molar-refractivity contribution in [3.8, 4) is 5.75 Å². The second kappa shape index (κ2) is 14.7. The van der Waals surface area contributed by atoms with Gasteiger partial charge in [0.25, 0.3) is 10.0 Å². The normalized spacial score (nSPS) is 14.2. The number of nitrogens with one attached hydrogen (secondary N) is 1. The fourth-order valence-corrected chi connectivity index (χ4v) is 6.81. The molecule has 1 fully saturated rings.